The van der Waals surface area contributed by atoms with E-state index in [1.54, 1.807) is 0 Å². The number of amides is 1. The van der Waals surface area contributed by atoms with Crippen LogP contribution >= 0.6 is 0 Å². The van der Waals surface area contributed by atoms with Crippen molar-refractivity contribution in [3.8, 4) is 0 Å². The molecule has 1 amide bonds. The zero-order valence-corrected chi connectivity index (χ0v) is 19.2. The van der Waals surface area contributed by atoms with E-state index >= 15 is 0 Å². The Hall–Kier alpha value is -3.22. The van der Waals surface area contributed by atoms with Crippen molar-refractivity contribution in [2.75, 3.05) is 31.2 Å². The number of benzene rings is 2. The number of aryl methyl sites for hydroxylation is 1. The van der Waals surface area contributed by atoms with Crippen molar-refractivity contribution in [3.05, 3.63) is 84.0 Å². The number of nitrogens with zero attached hydrogens (tertiary/aromatic N) is 3. The summed E-state index contributed by atoms with van der Waals surface area (Å²) in [6.07, 6.45) is 6.56. The molecule has 0 bridgehead atoms. The molecule has 4 rings (SSSR count). The number of nitrogens with one attached hydrogen (secondary N) is 1. The van der Waals surface area contributed by atoms with Crippen LogP contribution in [0.4, 0.5) is 5.69 Å². The predicted molar refractivity (Wildman–Crippen MR) is 135 cm³/mol. The predicted octanol–water partition coefficient (Wildman–Crippen LogP) is 3.42. The van der Waals surface area contributed by atoms with E-state index < -0.39 is 0 Å². The maximum Gasteiger partial charge on any atom is 0.227 e. The molecule has 0 spiro atoms. The molecule has 0 radical (unpaired) electrons. The SMILES string of the molecule is C=CC1CN(C(=O)Cc2ccc(N(N)C=N)cc2)CCN1CCc1ccc2c(c1)CCC2=C. The van der Waals surface area contributed by atoms with Gasteiger partial charge >= 0.3 is 0 Å². The number of piperazine rings is 1. The summed E-state index contributed by atoms with van der Waals surface area (Å²) >= 11 is 0. The third-order valence-electron chi connectivity index (χ3n) is 6.82. The molecule has 1 unspecified atom stereocenters. The third kappa shape index (κ3) is 5.24. The number of carbonyl (C=O) groups is 1. The summed E-state index contributed by atoms with van der Waals surface area (Å²) in [4.78, 5) is 17.3. The van der Waals surface area contributed by atoms with Gasteiger partial charge in [0.2, 0.25) is 5.91 Å². The van der Waals surface area contributed by atoms with Crippen molar-refractivity contribution < 1.29 is 4.79 Å². The fourth-order valence-corrected chi connectivity index (χ4v) is 4.77. The Labute approximate surface area is 196 Å². The van der Waals surface area contributed by atoms with Crippen LogP contribution in [0.25, 0.3) is 5.57 Å². The number of hydrogen-bond donors (Lipinski definition) is 2. The molecule has 0 aromatic heterocycles. The molecular formula is C27H33N5O. The fraction of sp³-hybridized carbons (Fsp3) is 0.333. The van der Waals surface area contributed by atoms with Crippen LogP contribution < -0.4 is 10.9 Å². The van der Waals surface area contributed by atoms with Gasteiger partial charge in [-0.05, 0) is 59.2 Å². The van der Waals surface area contributed by atoms with Gasteiger partial charge in [-0.15, -0.1) is 6.58 Å². The Morgan fingerprint density at radius 1 is 1.15 bits per heavy atom. The van der Waals surface area contributed by atoms with E-state index in [1.807, 2.05) is 35.2 Å². The van der Waals surface area contributed by atoms with Gasteiger partial charge < -0.3 is 4.90 Å². The Morgan fingerprint density at radius 2 is 1.91 bits per heavy atom. The third-order valence-corrected chi connectivity index (χ3v) is 6.82. The normalized spacial score (nSPS) is 18.2. The number of hydrazine groups is 1. The van der Waals surface area contributed by atoms with Gasteiger partial charge in [0.1, 0.15) is 6.34 Å². The lowest BCUT2D eigenvalue weighted by Crippen LogP contribution is -2.54. The van der Waals surface area contributed by atoms with E-state index in [2.05, 4.69) is 36.3 Å². The van der Waals surface area contributed by atoms with Gasteiger partial charge in [0, 0.05) is 32.2 Å². The maximum atomic E-state index is 12.9. The fourth-order valence-electron chi connectivity index (χ4n) is 4.77. The van der Waals surface area contributed by atoms with Gasteiger partial charge in [-0.2, -0.15) is 0 Å². The topological polar surface area (TPSA) is 76.7 Å². The van der Waals surface area contributed by atoms with E-state index in [0.29, 0.717) is 13.0 Å². The molecule has 1 fully saturated rings. The minimum atomic E-state index is 0.129. The Morgan fingerprint density at radius 3 is 2.64 bits per heavy atom. The van der Waals surface area contributed by atoms with Crippen LogP contribution in [0.5, 0.6) is 0 Å². The van der Waals surface area contributed by atoms with Crippen LogP contribution in [0.2, 0.25) is 0 Å². The lowest BCUT2D eigenvalue weighted by molar-refractivity contribution is -0.133. The Balaban J connectivity index is 1.30. The number of fused-ring (bicyclic) bond motifs is 1. The van der Waals surface area contributed by atoms with E-state index in [1.165, 1.54) is 27.3 Å². The molecule has 2 aromatic carbocycles. The number of anilines is 1. The van der Waals surface area contributed by atoms with E-state index in [0.717, 1.165) is 56.5 Å². The largest absolute Gasteiger partial charge is 0.339 e. The lowest BCUT2D eigenvalue weighted by atomic mass is 10.0. The van der Waals surface area contributed by atoms with Gasteiger partial charge in [0.15, 0.2) is 0 Å². The Kier molecular flexibility index (Phi) is 7.06. The lowest BCUT2D eigenvalue weighted by Gasteiger charge is -2.40. The van der Waals surface area contributed by atoms with Crippen molar-refractivity contribution in [3.63, 3.8) is 0 Å². The van der Waals surface area contributed by atoms with Gasteiger partial charge in [-0.3, -0.25) is 20.1 Å². The summed E-state index contributed by atoms with van der Waals surface area (Å²) in [5.41, 5.74) is 7.05. The number of nitrogens with two attached hydrogens (primary N) is 1. The average Bonchev–Trinajstić information content (AvgIpc) is 3.22. The molecule has 1 aliphatic carbocycles. The molecule has 1 saturated heterocycles. The minimum absolute atomic E-state index is 0.129. The van der Waals surface area contributed by atoms with Gasteiger partial charge in [0.25, 0.3) is 0 Å². The first-order valence-electron chi connectivity index (χ1n) is 11.6. The first-order valence-corrected chi connectivity index (χ1v) is 11.6. The molecule has 172 valence electrons. The number of carbonyl (C=O) groups excluding carboxylic acids is 1. The van der Waals surface area contributed by atoms with E-state index in [9.17, 15) is 4.79 Å². The van der Waals surface area contributed by atoms with Gasteiger partial charge in [-0.25, -0.2) is 5.84 Å². The summed E-state index contributed by atoms with van der Waals surface area (Å²) in [5, 5.41) is 8.45. The number of rotatable bonds is 8. The summed E-state index contributed by atoms with van der Waals surface area (Å²) in [6, 6.07) is 14.4. The van der Waals surface area contributed by atoms with Crippen molar-refractivity contribution in [1.82, 2.24) is 9.80 Å². The van der Waals surface area contributed by atoms with Crippen LogP contribution in [-0.2, 0) is 24.1 Å². The van der Waals surface area contributed by atoms with Crippen molar-refractivity contribution in [1.29, 1.82) is 5.41 Å². The Bertz CT molecular complexity index is 1040. The smallest absolute Gasteiger partial charge is 0.227 e. The van der Waals surface area contributed by atoms with E-state index in [4.69, 9.17) is 11.3 Å². The average molecular weight is 444 g/mol. The molecule has 6 heteroatoms. The first kappa shape index (κ1) is 23.0. The molecule has 1 heterocycles. The highest BCUT2D eigenvalue weighted by Gasteiger charge is 2.27. The summed E-state index contributed by atoms with van der Waals surface area (Å²) in [6.45, 7) is 11.4. The van der Waals surface area contributed by atoms with E-state index in [-0.39, 0.29) is 11.9 Å². The molecule has 1 aliphatic heterocycles. The summed E-state index contributed by atoms with van der Waals surface area (Å²) < 4.78 is 0. The highest BCUT2D eigenvalue weighted by molar-refractivity contribution is 5.80. The zero-order valence-electron chi connectivity index (χ0n) is 19.2. The molecule has 1 atom stereocenters. The second kappa shape index (κ2) is 10.1. The molecule has 2 aliphatic rings. The second-order valence-corrected chi connectivity index (χ2v) is 8.90. The second-order valence-electron chi connectivity index (χ2n) is 8.90. The van der Waals surface area contributed by atoms with Crippen molar-refractivity contribution in [2.45, 2.75) is 31.7 Å². The molecule has 33 heavy (non-hydrogen) atoms. The standard InChI is InChI=1S/C27H33N5O/c1-3-24-18-31(27(33)17-21-5-9-25(10-6-21)32(29)19-28)15-14-30(24)13-12-22-7-11-26-20(2)4-8-23(26)16-22/h3,5-7,9-11,16,19,24,28H,1-2,4,8,12-15,17-18,29H2. The molecule has 2 aromatic rings. The summed E-state index contributed by atoms with van der Waals surface area (Å²) in [7, 11) is 0. The molecule has 3 N–H and O–H groups in total. The molecule has 0 saturated carbocycles. The number of allylic oxidation sites excluding steroid dienone is 1. The van der Waals surface area contributed by atoms with Crippen molar-refractivity contribution in [2.24, 2.45) is 5.84 Å². The summed E-state index contributed by atoms with van der Waals surface area (Å²) in [5.74, 6) is 5.82. The zero-order chi connectivity index (χ0) is 23.4. The maximum absolute atomic E-state index is 12.9. The minimum Gasteiger partial charge on any atom is -0.339 e. The quantitative estimate of drug-likeness (QED) is 0.216. The highest BCUT2D eigenvalue weighted by Crippen LogP contribution is 2.31. The van der Waals surface area contributed by atoms with Gasteiger partial charge in [-0.1, -0.05) is 43.0 Å². The number of hydrogen-bond acceptors (Lipinski definition) is 4. The molecular weight excluding hydrogens is 410 g/mol. The van der Waals surface area contributed by atoms with Crippen LogP contribution in [-0.4, -0.2) is 54.3 Å². The van der Waals surface area contributed by atoms with Crippen LogP contribution in [0.3, 0.4) is 0 Å². The monoisotopic (exact) mass is 443 g/mol. The van der Waals surface area contributed by atoms with Crippen molar-refractivity contribution >= 4 is 23.5 Å². The highest BCUT2D eigenvalue weighted by atomic mass is 16.2. The molecule has 6 nitrogen and oxygen atoms in total. The van der Waals surface area contributed by atoms with Crippen LogP contribution in [0, 0.1) is 5.41 Å². The van der Waals surface area contributed by atoms with Gasteiger partial charge in [0.05, 0.1) is 12.1 Å². The van der Waals surface area contributed by atoms with Crippen LogP contribution in [0.15, 0.2) is 61.7 Å². The van der Waals surface area contributed by atoms with Crippen LogP contribution in [0.1, 0.15) is 28.7 Å². The first-order chi connectivity index (χ1) is 16.0.